The lowest BCUT2D eigenvalue weighted by molar-refractivity contribution is 0.0315. The number of primary sulfonamides is 1. The molecule has 7 nitrogen and oxygen atoms in total. The van der Waals surface area contributed by atoms with E-state index >= 15 is 0 Å². The predicted octanol–water partition coefficient (Wildman–Crippen LogP) is 2.05. The molecule has 2 N–H and O–H groups in total. The van der Waals surface area contributed by atoms with Crippen LogP contribution in [0.3, 0.4) is 0 Å². The van der Waals surface area contributed by atoms with Crippen LogP contribution in [-0.4, -0.2) is 33.4 Å². The van der Waals surface area contributed by atoms with Crippen LogP contribution >= 0.6 is 0 Å². The van der Waals surface area contributed by atoms with Gasteiger partial charge in [-0.2, -0.15) is 0 Å². The van der Waals surface area contributed by atoms with Crippen molar-refractivity contribution in [3.05, 3.63) is 59.2 Å². The van der Waals surface area contributed by atoms with Crippen molar-refractivity contribution >= 4 is 21.8 Å². The average Bonchev–Trinajstić information content (AvgIpc) is 2.61. The largest absolute Gasteiger partial charge is 0.496 e. The van der Waals surface area contributed by atoms with Crippen LogP contribution in [0.15, 0.2) is 41.3 Å². The number of hydrogen-bond donors (Lipinski definition) is 1. The molecular weight excluding hydrogens is 384 g/mol. The monoisotopic (exact) mass is 399 g/mol. The predicted molar refractivity (Wildman–Crippen MR) is 89.9 cm³/mol. The van der Waals surface area contributed by atoms with E-state index in [1.165, 1.54) is 20.1 Å². The number of ketones is 1. The Bertz CT molecular complexity index is 1010. The lowest BCUT2D eigenvalue weighted by Gasteiger charge is -2.14. The number of rotatable bonds is 6. The summed E-state index contributed by atoms with van der Waals surface area (Å²) in [4.78, 5) is 24.2. The van der Waals surface area contributed by atoms with Crippen LogP contribution in [0.4, 0.5) is 8.78 Å². The van der Waals surface area contributed by atoms with E-state index < -0.39 is 39.5 Å². The number of sulfonamides is 1. The summed E-state index contributed by atoms with van der Waals surface area (Å²) in [7, 11) is -2.84. The molecule has 0 unspecified atom stereocenters. The van der Waals surface area contributed by atoms with Gasteiger partial charge in [0.2, 0.25) is 15.8 Å². The molecule has 0 bridgehead atoms. The summed E-state index contributed by atoms with van der Waals surface area (Å²) >= 11 is 0. The lowest BCUT2D eigenvalue weighted by atomic mass is 10.1. The Balaban J connectivity index is 2.27. The summed E-state index contributed by atoms with van der Waals surface area (Å²) in [6, 6.07) is 5.80. The summed E-state index contributed by atoms with van der Waals surface area (Å²) in [6.07, 6.45) is -1.36. The fourth-order valence-corrected chi connectivity index (χ4v) is 2.73. The van der Waals surface area contributed by atoms with E-state index in [1.54, 1.807) is 0 Å². The van der Waals surface area contributed by atoms with Crippen LogP contribution in [0.2, 0.25) is 0 Å². The standard InChI is InChI=1S/C17H15F2NO6S/c1-9(16(21)10-3-5-13(18)14(19)7-10)26-17(22)12-8-11(27(20,23)24)4-6-15(12)25-2/h3-9H,1-2H3,(H2,20,23,24)/t9-/m0/s1. The third kappa shape index (κ3) is 4.66. The third-order valence-corrected chi connectivity index (χ3v) is 4.49. The van der Waals surface area contributed by atoms with Crippen LogP contribution in [0, 0.1) is 11.6 Å². The molecule has 10 heteroatoms. The number of carbonyl (C=O) groups is 2. The first-order valence-corrected chi connectivity index (χ1v) is 9.00. The SMILES string of the molecule is COc1ccc(S(N)(=O)=O)cc1C(=O)O[C@@H](C)C(=O)c1ccc(F)c(F)c1. The van der Waals surface area contributed by atoms with Gasteiger partial charge in [-0.25, -0.2) is 27.1 Å². The van der Waals surface area contributed by atoms with Crippen molar-refractivity contribution in [2.45, 2.75) is 17.9 Å². The second kappa shape index (κ2) is 7.80. The molecule has 0 aliphatic carbocycles. The van der Waals surface area contributed by atoms with Gasteiger partial charge < -0.3 is 9.47 Å². The van der Waals surface area contributed by atoms with Gasteiger partial charge in [-0.05, 0) is 43.3 Å². The summed E-state index contributed by atoms with van der Waals surface area (Å²) < 4.78 is 59.1. The Labute approximate surface area is 153 Å². The molecule has 0 aliphatic heterocycles. The highest BCUT2D eigenvalue weighted by molar-refractivity contribution is 7.89. The first kappa shape index (κ1) is 20.5. The molecular formula is C17H15F2NO6S. The van der Waals surface area contributed by atoms with Crippen LogP contribution in [0.1, 0.15) is 27.6 Å². The molecule has 0 saturated heterocycles. The van der Waals surface area contributed by atoms with Crippen molar-refractivity contribution < 1.29 is 36.3 Å². The van der Waals surface area contributed by atoms with E-state index in [0.29, 0.717) is 6.07 Å². The number of nitrogens with two attached hydrogens (primary N) is 1. The quantitative estimate of drug-likeness (QED) is 0.588. The Morgan fingerprint density at radius 3 is 2.30 bits per heavy atom. The molecule has 0 spiro atoms. The van der Waals surface area contributed by atoms with Gasteiger partial charge in [-0.1, -0.05) is 0 Å². The highest BCUT2D eigenvalue weighted by atomic mass is 32.2. The van der Waals surface area contributed by atoms with E-state index in [4.69, 9.17) is 14.6 Å². The molecule has 2 aromatic rings. The third-order valence-electron chi connectivity index (χ3n) is 3.58. The minimum absolute atomic E-state index is 0.000115. The number of hydrogen-bond acceptors (Lipinski definition) is 6. The molecule has 0 amide bonds. The minimum Gasteiger partial charge on any atom is -0.496 e. The van der Waals surface area contributed by atoms with Crippen LogP contribution in [0.25, 0.3) is 0 Å². The highest BCUT2D eigenvalue weighted by Gasteiger charge is 2.24. The van der Waals surface area contributed by atoms with Crippen molar-refractivity contribution in [2.75, 3.05) is 7.11 Å². The van der Waals surface area contributed by atoms with Crippen molar-refractivity contribution in [2.24, 2.45) is 5.14 Å². The van der Waals surface area contributed by atoms with Gasteiger partial charge in [0.15, 0.2) is 17.7 Å². The minimum atomic E-state index is -4.09. The Morgan fingerprint density at radius 2 is 1.74 bits per heavy atom. The van der Waals surface area contributed by atoms with Gasteiger partial charge >= 0.3 is 5.97 Å². The number of benzene rings is 2. The molecule has 0 aromatic heterocycles. The van der Waals surface area contributed by atoms with Gasteiger partial charge in [-0.3, -0.25) is 4.79 Å². The maximum atomic E-state index is 13.3. The Morgan fingerprint density at radius 1 is 1.07 bits per heavy atom. The fraction of sp³-hybridized carbons (Fsp3) is 0.176. The van der Waals surface area contributed by atoms with Gasteiger partial charge in [0.1, 0.15) is 11.3 Å². The van der Waals surface area contributed by atoms with E-state index in [2.05, 4.69) is 0 Å². The maximum Gasteiger partial charge on any atom is 0.342 e. The van der Waals surface area contributed by atoms with E-state index in [9.17, 15) is 26.8 Å². The smallest absolute Gasteiger partial charge is 0.342 e. The summed E-state index contributed by atoms with van der Waals surface area (Å²) in [6.45, 7) is 1.23. The topological polar surface area (TPSA) is 113 Å². The number of ether oxygens (including phenoxy) is 2. The molecule has 0 fully saturated rings. The Kier molecular flexibility index (Phi) is 5.91. The molecule has 2 rings (SSSR count). The van der Waals surface area contributed by atoms with Gasteiger partial charge in [0.25, 0.3) is 0 Å². The van der Waals surface area contributed by atoms with Crippen LogP contribution < -0.4 is 9.88 Å². The second-order valence-corrected chi connectivity index (χ2v) is 7.01. The molecule has 0 aliphatic rings. The summed E-state index contributed by atoms with van der Waals surface area (Å²) in [5.41, 5.74) is -0.464. The summed E-state index contributed by atoms with van der Waals surface area (Å²) in [5.74, 6) is -4.17. The first-order valence-electron chi connectivity index (χ1n) is 7.45. The lowest BCUT2D eigenvalue weighted by Crippen LogP contribution is -2.25. The number of carbonyl (C=O) groups excluding carboxylic acids is 2. The van der Waals surface area contributed by atoms with Gasteiger partial charge in [0, 0.05) is 5.56 Å². The molecule has 144 valence electrons. The number of esters is 1. The molecule has 2 aromatic carbocycles. The van der Waals surface area contributed by atoms with E-state index in [0.717, 1.165) is 24.3 Å². The van der Waals surface area contributed by atoms with Crippen molar-refractivity contribution in [3.8, 4) is 5.75 Å². The van der Waals surface area contributed by atoms with E-state index in [1.807, 2.05) is 0 Å². The normalized spacial score (nSPS) is 12.3. The fourth-order valence-electron chi connectivity index (χ4n) is 2.19. The zero-order chi connectivity index (χ0) is 20.4. The zero-order valence-electron chi connectivity index (χ0n) is 14.2. The van der Waals surface area contributed by atoms with Crippen LogP contribution in [0.5, 0.6) is 5.75 Å². The van der Waals surface area contributed by atoms with Gasteiger partial charge in [-0.15, -0.1) is 0 Å². The molecule has 1 atom stereocenters. The molecule has 27 heavy (non-hydrogen) atoms. The maximum absolute atomic E-state index is 13.3. The number of halogens is 2. The number of Topliss-reactive ketones (excluding diaryl/α,β-unsaturated/α-hetero) is 1. The second-order valence-electron chi connectivity index (χ2n) is 5.45. The number of methoxy groups -OCH3 is 1. The van der Waals surface area contributed by atoms with Crippen molar-refractivity contribution in [1.82, 2.24) is 0 Å². The molecule has 0 radical (unpaired) electrons. The first-order chi connectivity index (χ1) is 12.5. The highest BCUT2D eigenvalue weighted by Crippen LogP contribution is 2.23. The average molecular weight is 399 g/mol. The van der Waals surface area contributed by atoms with Crippen molar-refractivity contribution in [3.63, 3.8) is 0 Å². The van der Waals surface area contributed by atoms with Gasteiger partial charge in [0.05, 0.1) is 12.0 Å². The zero-order valence-corrected chi connectivity index (χ0v) is 15.0. The summed E-state index contributed by atoms with van der Waals surface area (Å²) in [5, 5.41) is 5.03. The van der Waals surface area contributed by atoms with Crippen molar-refractivity contribution in [1.29, 1.82) is 0 Å². The van der Waals surface area contributed by atoms with E-state index in [-0.39, 0.29) is 21.8 Å². The molecule has 0 heterocycles. The van der Waals surface area contributed by atoms with Crippen LogP contribution in [-0.2, 0) is 14.8 Å². The molecule has 0 saturated carbocycles. The Hall–Kier alpha value is -2.85.